The minimum Gasteiger partial charge on any atom is -0.395 e. The van der Waals surface area contributed by atoms with E-state index in [0.717, 1.165) is 5.56 Å². The maximum absolute atomic E-state index is 9.17. The maximum Gasteiger partial charge on any atom is 0.223 e. The number of nitrogen functional groups attached to an aromatic ring is 1. The second kappa shape index (κ2) is 6.36. The molecular weight excluding hydrogens is 264 g/mol. The lowest BCUT2D eigenvalue weighted by Gasteiger charge is -2.23. The molecule has 2 rings (SSSR count). The first-order valence-corrected chi connectivity index (χ1v) is 6.26. The van der Waals surface area contributed by atoms with Crippen LogP contribution in [0.5, 0.6) is 0 Å². The van der Waals surface area contributed by atoms with Crippen LogP contribution in [0, 0.1) is 0 Å². The number of benzene rings is 1. The Bertz CT molecular complexity index is 515. The van der Waals surface area contributed by atoms with Gasteiger partial charge in [0.1, 0.15) is 11.0 Å². The van der Waals surface area contributed by atoms with Gasteiger partial charge < -0.3 is 15.7 Å². The van der Waals surface area contributed by atoms with Crippen LogP contribution in [0.25, 0.3) is 0 Å². The summed E-state index contributed by atoms with van der Waals surface area (Å²) in [6.45, 7) is 1.09. The van der Waals surface area contributed by atoms with E-state index < -0.39 is 0 Å². The summed E-state index contributed by atoms with van der Waals surface area (Å²) in [7, 11) is 0. The van der Waals surface area contributed by atoms with Crippen LogP contribution in [0.15, 0.2) is 36.4 Å². The summed E-state index contributed by atoms with van der Waals surface area (Å²) in [5.41, 5.74) is 6.71. The van der Waals surface area contributed by atoms with Gasteiger partial charge in [-0.05, 0) is 5.56 Å². The van der Waals surface area contributed by atoms with Gasteiger partial charge in [-0.25, -0.2) is 4.98 Å². The molecular formula is C13H15ClN4O. The highest BCUT2D eigenvalue weighted by Crippen LogP contribution is 2.19. The minimum absolute atomic E-state index is 0.0222. The zero-order chi connectivity index (χ0) is 13.7. The highest BCUT2D eigenvalue weighted by Gasteiger charge is 2.10. The number of anilines is 2. The van der Waals surface area contributed by atoms with E-state index in [2.05, 4.69) is 9.97 Å². The van der Waals surface area contributed by atoms with Crippen molar-refractivity contribution in [2.75, 3.05) is 23.8 Å². The van der Waals surface area contributed by atoms with Crippen LogP contribution in [0.1, 0.15) is 5.56 Å². The average Bonchev–Trinajstić information content (AvgIpc) is 2.38. The monoisotopic (exact) mass is 278 g/mol. The van der Waals surface area contributed by atoms with E-state index in [9.17, 15) is 0 Å². The molecule has 0 aliphatic heterocycles. The summed E-state index contributed by atoms with van der Waals surface area (Å²) in [4.78, 5) is 9.87. The quantitative estimate of drug-likeness (QED) is 0.815. The molecule has 0 spiro atoms. The Morgan fingerprint density at radius 3 is 2.58 bits per heavy atom. The van der Waals surface area contributed by atoms with Crippen molar-refractivity contribution in [3.05, 3.63) is 47.1 Å². The molecule has 100 valence electrons. The Hall–Kier alpha value is -1.85. The van der Waals surface area contributed by atoms with Crippen LogP contribution in [-0.4, -0.2) is 28.2 Å². The predicted octanol–water partition coefficient (Wildman–Crippen LogP) is 1.71. The van der Waals surface area contributed by atoms with Crippen LogP contribution in [0.2, 0.25) is 5.15 Å². The molecule has 1 heterocycles. The second-order valence-corrected chi connectivity index (χ2v) is 4.43. The molecule has 2 aromatic rings. The summed E-state index contributed by atoms with van der Waals surface area (Å²) >= 11 is 5.88. The third-order valence-corrected chi connectivity index (χ3v) is 2.80. The molecule has 0 bridgehead atoms. The first-order chi connectivity index (χ1) is 9.19. The molecule has 0 atom stereocenters. The van der Waals surface area contributed by atoms with Crippen molar-refractivity contribution in [2.24, 2.45) is 0 Å². The molecule has 0 radical (unpaired) electrons. The van der Waals surface area contributed by atoms with Crippen LogP contribution in [0.4, 0.5) is 11.8 Å². The van der Waals surface area contributed by atoms with Crippen molar-refractivity contribution >= 4 is 23.4 Å². The van der Waals surface area contributed by atoms with E-state index in [1.807, 2.05) is 35.2 Å². The fourth-order valence-electron chi connectivity index (χ4n) is 1.78. The number of nitrogens with zero attached hydrogens (tertiary/aromatic N) is 3. The first kappa shape index (κ1) is 13.6. The fraction of sp³-hybridized carbons (Fsp3) is 0.231. The zero-order valence-electron chi connectivity index (χ0n) is 10.3. The van der Waals surface area contributed by atoms with Crippen LogP contribution < -0.4 is 10.6 Å². The lowest BCUT2D eigenvalue weighted by Crippen LogP contribution is -2.27. The first-order valence-electron chi connectivity index (χ1n) is 5.89. The smallest absolute Gasteiger partial charge is 0.223 e. The summed E-state index contributed by atoms with van der Waals surface area (Å²) in [5, 5.41) is 9.46. The van der Waals surface area contributed by atoms with E-state index >= 15 is 0 Å². The van der Waals surface area contributed by atoms with Gasteiger partial charge in [0.05, 0.1) is 6.61 Å². The topological polar surface area (TPSA) is 75.3 Å². The van der Waals surface area contributed by atoms with Gasteiger partial charge in [0, 0.05) is 19.2 Å². The Morgan fingerprint density at radius 2 is 1.95 bits per heavy atom. The van der Waals surface area contributed by atoms with E-state index in [1.165, 1.54) is 0 Å². The van der Waals surface area contributed by atoms with Crippen molar-refractivity contribution in [1.29, 1.82) is 0 Å². The van der Waals surface area contributed by atoms with Gasteiger partial charge in [0.25, 0.3) is 0 Å². The number of rotatable bonds is 5. The molecule has 5 nitrogen and oxygen atoms in total. The van der Waals surface area contributed by atoms with Crippen LogP contribution in [-0.2, 0) is 6.54 Å². The van der Waals surface area contributed by atoms with E-state index in [0.29, 0.717) is 24.1 Å². The molecule has 0 fully saturated rings. The van der Waals surface area contributed by atoms with Gasteiger partial charge in [-0.15, -0.1) is 0 Å². The number of aliphatic hydroxyl groups excluding tert-OH is 1. The van der Waals surface area contributed by atoms with Crippen molar-refractivity contribution < 1.29 is 5.11 Å². The zero-order valence-corrected chi connectivity index (χ0v) is 11.1. The normalized spacial score (nSPS) is 10.4. The Labute approximate surface area is 116 Å². The van der Waals surface area contributed by atoms with E-state index in [-0.39, 0.29) is 12.6 Å². The second-order valence-electron chi connectivity index (χ2n) is 4.04. The molecule has 0 amide bonds. The molecule has 0 saturated carbocycles. The standard InChI is InChI=1S/C13H15ClN4O/c14-11-8-12(17-13(15)16-11)18(6-7-19)9-10-4-2-1-3-5-10/h1-5,8,19H,6-7,9H2,(H2,15,16,17). The Morgan fingerprint density at radius 1 is 1.21 bits per heavy atom. The molecule has 0 aliphatic carbocycles. The summed E-state index contributed by atoms with van der Waals surface area (Å²) in [5.74, 6) is 0.730. The van der Waals surface area contributed by atoms with Crippen molar-refractivity contribution in [3.8, 4) is 0 Å². The summed E-state index contributed by atoms with van der Waals surface area (Å²) in [6, 6.07) is 11.5. The van der Waals surface area contributed by atoms with Gasteiger partial charge in [0.15, 0.2) is 0 Å². The Balaban J connectivity index is 2.24. The lowest BCUT2D eigenvalue weighted by molar-refractivity contribution is 0.301. The SMILES string of the molecule is Nc1nc(Cl)cc(N(CCO)Cc2ccccc2)n1. The number of hydrogen-bond acceptors (Lipinski definition) is 5. The average molecular weight is 279 g/mol. The highest BCUT2D eigenvalue weighted by molar-refractivity contribution is 6.29. The largest absolute Gasteiger partial charge is 0.395 e. The number of nitrogens with two attached hydrogens (primary N) is 1. The van der Waals surface area contributed by atoms with Gasteiger partial charge in [-0.3, -0.25) is 0 Å². The number of aromatic nitrogens is 2. The third-order valence-electron chi connectivity index (χ3n) is 2.61. The molecule has 1 aromatic heterocycles. The summed E-state index contributed by atoms with van der Waals surface area (Å²) < 4.78 is 0. The lowest BCUT2D eigenvalue weighted by atomic mass is 10.2. The molecule has 1 aromatic carbocycles. The van der Waals surface area contributed by atoms with Crippen molar-refractivity contribution in [2.45, 2.75) is 6.54 Å². The van der Waals surface area contributed by atoms with Gasteiger partial charge >= 0.3 is 0 Å². The molecule has 6 heteroatoms. The van der Waals surface area contributed by atoms with Crippen LogP contribution in [0.3, 0.4) is 0 Å². The fourth-order valence-corrected chi connectivity index (χ4v) is 1.97. The highest BCUT2D eigenvalue weighted by atomic mass is 35.5. The molecule has 3 N–H and O–H groups in total. The molecule has 0 saturated heterocycles. The minimum atomic E-state index is 0.0222. The van der Waals surface area contributed by atoms with Crippen molar-refractivity contribution in [3.63, 3.8) is 0 Å². The van der Waals surface area contributed by atoms with Gasteiger partial charge in [-0.1, -0.05) is 41.9 Å². The molecule has 0 aliphatic rings. The van der Waals surface area contributed by atoms with E-state index in [4.69, 9.17) is 22.4 Å². The number of aliphatic hydroxyl groups is 1. The molecule has 0 unspecified atom stereocenters. The number of hydrogen-bond donors (Lipinski definition) is 2. The van der Waals surface area contributed by atoms with Gasteiger partial charge in [0.2, 0.25) is 5.95 Å². The maximum atomic E-state index is 9.17. The van der Waals surface area contributed by atoms with Crippen molar-refractivity contribution in [1.82, 2.24) is 9.97 Å². The van der Waals surface area contributed by atoms with Crippen LogP contribution >= 0.6 is 11.6 Å². The summed E-state index contributed by atoms with van der Waals surface area (Å²) in [6.07, 6.45) is 0. The third kappa shape index (κ3) is 3.81. The van der Waals surface area contributed by atoms with E-state index in [1.54, 1.807) is 6.07 Å². The van der Waals surface area contributed by atoms with Gasteiger partial charge in [-0.2, -0.15) is 4.98 Å². The Kier molecular flexibility index (Phi) is 4.54. The predicted molar refractivity (Wildman–Crippen MR) is 76.0 cm³/mol. The molecule has 19 heavy (non-hydrogen) atoms. The number of halogens is 1.